The minimum atomic E-state index is -0.0000926. The molecule has 0 N–H and O–H groups in total. The van der Waals surface area contributed by atoms with E-state index in [4.69, 9.17) is 0 Å². The van der Waals surface area contributed by atoms with Crippen LogP contribution in [0.15, 0.2) is 47.9 Å². The highest BCUT2D eigenvalue weighted by atomic mass is 32.2. The first-order chi connectivity index (χ1) is 6.36. The van der Waals surface area contributed by atoms with Crippen LogP contribution in [0.1, 0.15) is 6.42 Å². The van der Waals surface area contributed by atoms with Crippen molar-refractivity contribution in [1.82, 2.24) is 0 Å². The predicted molar refractivity (Wildman–Crippen MR) is 57.0 cm³/mol. The summed E-state index contributed by atoms with van der Waals surface area (Å²) in [5, 5.41) is -0.0000926. The molecule has 1 nitrogen and oxygen atoms in total. The molecule has 0 aliphatic heterocycles. The number of benzene rings is 1. The first-order valence-electron chi connectivity index (χ1n) is 4.14. The maximum Gasteiger partial charge on any atom is 0.133 e. The fraction of sp³-hybridized carbons (Fsp3) is 0.182. The molecule has 1 aromatic rings. The summed E-state index contributed by atoms with van der Waals surface area (Å²) < 4.78 is 0. The quantitative estimate of drug-likeness (QED) is 0.405. The maximum atomic E-state index is 10.6. The van der Waals surface area contributed by atoms with Crippen molar-refractivity contribution in [3.05, 3.63) is 43.0 Å². The number of rotatable bonds is 5. The summed E-state index contributed by atoms with van der Waals surface area (Å²) >= 11 is 1.57. The summed E-state index contributed by atoms with van der Waals surface area (Å²) in [5.41, 5.74) is 0. The Kier molecular flexibility index (Phi) is 4.33. The van der Waals surface area contributed by atoms with Gasteiger partial charge in [0.05, 0.1) is 5.25 Å². The van der Waals surface area contributed by atoms with Crippen LogP contribution in [0.2, 0.25) is 0 Å². The molecule has 2 heteroatoms. The minimum absolute atomic E-state index is 0.0000926. The van der Waals surface area contributed by atoms with Crippen LogP contribution in [0, 0.1) is 0 Å². The van der Waals surface area contributed by atoms with Gasteiger partial charge in [-0.2, -0.15) is 0 Å². The number of carbonyl (C=O) groups is 1. The highest BCUT2D eigenvalue weighted by Gasteiger charge is 2.05. The average Bonchev–Trinajstić information content (AvgIpc) is 2.19. The lowest BCUT2D eigenvalue weighted by molar-refractivity contribution is -0.107. The molecule has 13 heavy (non-hydrogen) atoms. The lowest BCUT2D eigenvalue weighted by atomic mass is 10.3. The summed E-state index contributed by atoms with van der Waals surface area (Å²) in [6, 6.07) is 9.91. The lowest BCUT2D eigenvalue weighted by Crippen LogP contribution is -2.01. The first-order valence-corrected chi connectivity index (χ1v) is 5.02. The predicted octanol–water partition coefficient (Wildman–Crippen LogP) is 2.92. The monoisotopic (exact) mass is 192 g/mol. The molecule has 0 aromatic heterocycles. The SMILES string of the molecule is C=CC[C@H](C=O)Sc1ccccc1. The van der Waals surface area contributed by atoms with Crippen molar-refractivity contribution in [1.29, 1.82) is 0 Å². The lowest BCUT2D eigenvalue weighted by Gasteiger charge is -2.06. The van der Waals surface area contributed by atoms with Gasteiger partial charge in [0.2, 0.25) is 0 Å². The van der Waals surface area contributed by atoms with Crippen LogP contribution in [-0.4, -0.2) is 11.5 Å². The molecule has 0 heterocycles. The Labute approximate surface area is 82.9 Å². The smallest absolute Gasteiger partial charge is 0.133 e. The van der Waals surface area contributed by atoms with Crippen molar-refractivity contribution in [2.45, 2.75) is 16.6 Å². The Morgan fingerprint density at radius 3 is 2.62 bits per heavy atom. The molecule has 0 spiro atoms. The van der Waals surface area contributed by atoms with Crippen LogP contribution in [0.4, 0.5) is 0 Å². The van der Waals surface area contributed by atoms with Gasteiger partial charge in [0.15, 0.2) is 0 Å². The van der Waals surface area contributed by atoms with E-state index < -0.39 is 0 Å². The van der Waals surface area contributed by atoms with Gasteiger partial charge in [0.25, 0.3) is 0 Å². The van der Waals surface area contributed by atoms with Crippen LogP contribution >= 0.6 is 11.8 Å². The van der Waals surface area contributed by atoms with E-state index in [1.807, 2.05) is 30.3 Å². The fourth-order valence-corrected chi connectivity index (χ4v) is 1.92. The normalized spacial score (nSPS) is 12.0. The molecule has 0 unspecified atom stereocenters. The van der Waals surface area contributed by atoms with Crippen molar-refractivity contribution in [2.75, 3.05) is 0 Å². The summed E-state index contributed by atoms with van der Waals surface area (Å²) in [7, 11) is 0. The summed E-state index contributed by atoms with van der Waals surface area (Å²) in [4.78, 5) is 11.8. The number of carbonyl (C=O) groups excluding carboxylic acids is 1. The fourth-order valence-electron chi connectivity index (χ4n) is 0.970. The molecule has 0 fully saturated rings. The van der Waals surface area contributed by atoms with Gasteiger partial charge in [-0.05, 0) is 18.6 Å². The van der Waals surface area contributed by atoms with Gasteiger partial charge in [0.1, 0.15) is 6.29 Å². The largest absolute Gasteiger partial charge is 0.302 e. The highest BCUT2D eigenvalue weighted by molar-refractivity contribution is 8.00. The zero-order valence-electron chi connectivity index (χ0n) is 7.35. The van der Waals surface area contributed by atoms with Gasteiger partial charge in [-0.3, -0.25) is 0 Å². The van der Waals surface area contributed by atoms with Gasteiger partial charge in [-0.25, -0.2) is 0 Å². The third kappa shape index (κ3) is 3.47. The summed E-state index contributed by atoms with van der Waals surface area (Å²) in [6.45, 7) is 3.62. The van der Waals surface area contributed by atoms with Crippen LogP contribution < -0.4 is 0 Å². The van der Waals surface area contributed by atoms with E-state index in [9.17, 15) is 4.79 Å². The Balaban J connectivity index is 2.56. The zero-order chi connectivity index (χ0) is 9.52. The van der Waals surface area contributed by atoms with E-state index in [1.165, 1.54) is 0 Å². The molecule has 0 aliphatic rings. The van der Waals surface area contributed by atoms with Crippen molar-refractivity contribution in [3.8, 4) is 0 Å². The third-order valence-corrected chi connectivity index (χ3v) is 2.73. The summed E-state index contributed by atoms with van der Waals surface area (Å²) in [5.74, 6) is 0. The molecule has 0 bridgehead atoms. The molecule has 0 aliphatic carbocycles. The van der Waals surface area contributed by atoms with Crippen molar-refractivity contribution >= 4 is 18.0 Å². The van der Waals surface area contributed by atoms with Crippen molar-refractivity contribution < 1.29 is 4.79 Å². The van der Waals surface area contributed by atoms with Crippen LogP contribution in [-0.2, 0) is 4.79 Å². The number of thioether (sulfide) groups is 1. The van der Waals surface area contributed by atoms with Gasteiger partial charge >= 0.3 is 0 Å². The molecular formula is C11H12OS. The zero-order valence-corrected chi connectivity index (χ0v) is 8.17. The van der Waals surface area contributed by atoms with Crippen LogP contribution in [0.25, 0.3) is 0 Å². The van der Waals surface area contributed by atoms with Crippen molar-refractivity contribution in [3.63, 3.8) is 0 Å². The number of aldehydes is 1. The van der Waals surface area contributed by atoms with Gasteiger partial charge in [-0.15, -0.1) is 18.3 Å². The number of hydrogen-bond acceptors (Lipinski definition) is 2. The van der Waals surface area contributed by atoms with E-state index >= 15 is 0 Å². The Morgan fingerprint density at radius 2 is 2.08 bits per heavy atom. The highest BCUT2D eigenvalue weighted by Crippen LogP contribution is 2.23. The molecular weight excluding hydrogens is 180 g/mol. The third-order valence-electron chi connectivity index (χ3n) is 1.58. The second-order valence-corrected chi connectivity index (χ2v) is 3.94. The maximum absolute atomic E-state index is 10.6. The van der Waals surface area contributed by atoms with E-state index in [0.717, 1.165) is 17.6 Å². The minimum Gasteiger partial charge on any atom is -0.302 e. The molecule has 0 radical (unpaired) electrons. The van der Waals surface area contributed by atoms with Gasteiger partial charge in [0, 0.05) is 4.90 Å². The van der Waals surface area contributed by atoms with Crippen molar-refractivity contribution in [2.24, 2.45) is 0 Å². The van der Waals surface area contributed by atoms with Gasteiger partial charge in [-0.1, -0.05) is 24.3 Å². The second-order valence-electron chi connectivity index (χ2n) is 2.63. The standard InChI is InChI=1S/C11H12OS/c1-2-6-11(9-12)13-10-7-4-3-5-8-10/h2-5,7-9,11H,1,6H2/t11-/m1/s1. The molecule has 68 valence electrons. The molecule has 0 saturated heterocycles. The molecule has 0 saturated carbocycles. The van der Waals surface area contributed by atoms with Crippen LogP contribution in [0.5, 0.6) is 0 Å². The Hall–Kier alpha value is -1.02. The average molecular weight is 192 g/mol. The number of allylic oxidation sites excluding steroid dienone is 1. The molecule has 0 amide bonds. The second kappa shape index (κ2) is 5.60. The molecule has 1 rings (SSSR count). The number of hydrogen-bond donors (Lipinski definition) is 0. The van der Waals surface area contributed by atoms with E-state index in [0.29, 0.717) is 0 Å². The molecule has 1 aromatic carbocycles. The Bertz CT molecular complexity index is 269. The van der Waals surface area contributed by atoms with E-state index in [2.05, 4.69) is 6.58 Å². The van der Waals surface area contributed by atoms with E-state index in [1.54, 1.807) is 17.8 Å². The topological polar surface area (TPSA) is 17.1 Å². The summed E-state index contributed by atoms with van der Waals surface area (Å²) in [6.07, 6.45) is 3.47. The van der Waals surface area contributed by atoms with E-state index in [-0.39, 0.29) is 5.25 Å². The Morgan fingerprint density at radius 1 is 1.38 bits per heavy atom. The molecule has 1 atom stereocenters. The van der Waals surface area contributed by atoms with Gasteiger partial charge < -0.3 is 4.79 Å². The first kappa shape index (κ1) is 10.1. The van der Waals surface area contributed by atoms with Crippen LogP contribution in [0.3, 0.4) is 0 Å².